The van der Waals surface area contributed by atoms with Crippen molar-refractivity contribution < 1.29 is 0 Å². The SMILES string of the molecule is CC(NC1CCN(C)C(C)C1)c1csc(Cl)c1. The van der Waals surface area contributed by atoms with Crippen molar-refractivity contribution >= 4 is 22.9 Å². The highest BCUT2D eigenvalue weighted by Gasteiger charge is 2.24. The summed E-state index contributed by atoms with van der Waals surface area (Å²) in [6.45, 7) is 5.72. The predicted octanol–water partition coefficient (Wildman–Crippen LogP) is 3.53. The maximum atomic E-state index is 5.97. The maximum Gasteiger partial charge on any atom is 0.0931 e. The number of likely N-dealkylation sites (tertiary alicyclic amines) is 1. The van der Waals surface area contributed by atoms with Crippen LogP contribution in [0.25, 0.3) is 0 Å². The quantitative estimate of drug-likeness (QED) is 0.906. The largest absolute Gasteiger partial charge is 0.307 e. The summed E-state index contributed by atoms with van der Waals surface area (Å²) in [7, 11) is 2.21. The Hall–Kier alpha value is -0.0900. The first-order valence-corrected chi connectivity index (χ1v) is 7.52. The van der Waals surface area contributed by atoms with Crippen molar-refractivity contribution in [2.24, 2.45) is 0 Å². The third-order valence-electron chi connectivity index (χ3n) is 3.78. The van der Waals surface area contributed by atoms with Gasteiger partial charge in [-0.05, 0) is 57.3 Å². The predicted molar refractivity (Wildman–Crippen MR) is 76.0 cm³/mol. The van der Waals surface area contributed by atoms with E-state index >= 15 is 0 Å². The molecule has 0 saturated carbocycles. The summed E-state index contributed by atoms with van der Waals surface area (Å²) >= 11 is 7.59. The van der Waals surface area contributed by atoms with Gasteiger partial charge in [0.2, 0.25) is 0 Å². The smallest absolute Gasteiger partial charge is 0.0931 e. The zero-order valence-electron chi connectivity index (χ0n) is 10.7. The van der Waals surface area contributed by atoms with Gasteiger partial charge in [0.1, 0.15) is 0 Å². The Bertz CT molecular complexity index is 366. The average Bonchev–Trinajstić information content (AvgIpc) is 2.70. The summed E-state index contributed by atoms with van der Waals surface area (Å²) in [6, 6.07) is 3.79. The van der Waals surface area contributed by atoms with Crippen molar-refractivity contribution in [3.05, 3.63) is 21.3 Å². The Morgan fingerprint density at radius 1 is 1.59 bits per heavy atom. The Morgan fingerprint density at radius 3 is 2.94 bits per heavy atom. The molecule has 1 fully saturated rings. The van der Waals surface area contributed by atoms with Crippen molar-refractivity contribution in [2.45, 2.75) is 44.8 Å². The second kappa shape index (κ2) is 5.70. The molecule has 1 aromatic heterocycles. The first-order valence-electron chi connectivity index (χ1n) is 6.26. The number of piperidine rings is 1. The lowest BCUT2D eigenvalue weighted by atomic mass is 9.97. The van der Waals surface area contributed by atoms with E-state index in [0.717, 1.165) is 4.34 Å². The molecule has 0 bridgehead atoms. The Balaban J connectivity index is 1.89. The Kier molecular flexibility index (Phi) is 4.47. The molecule has 1 aliphatic heterocycles. The van der Waals surface area contributed by atoms with E-state index in [2.05, 4.69) is 42.6 Å². The average molecular weight is 273 g/mol. The van der Waals surface area contributed by atoms with E-state index in [1.807, 2.05) is 0 Å². The molecule has 17 heavy (non-hydrogen) atoms. The van der Waals surface area contributed by atoms with Crippen LogP contribution in [0.1, 0.15) is 38.3 Å². The van der Waals surface area contributed by atoms with Crippen molar-refractivity contribution in [1.29, 1.82) is 0 Å². The highest BCUT2D eigenvalue weighted by atomic mass is 35.5. The molecule has 2 rings (SSSR count). The van der Waals surface area contributed by atoms with E-state index in [0.29, 0.717) is 18.1 Å². The van der Waals surface area contributed by atoms with Gasteiger partial charge in [0.05, 0.1) is 4.34 Å². The number of halogens is 1. The minimum atomic E-state index is 0.402. The van der Waals surface area contributed by atoms with E-state index in [1.165, 1.54) is 24.9 Å². The molecule has 3 unspecified atom stereocenters. The fourth-order valence-electron chi connectivity index (χ4n) is 2.44. The van der Waals surface area contributed by atoms with Crippen LogP contribution in [0.4, 0.5) is 0 Å². The summed E-state index contributed by atoms with van der Waals surface area (Å²) < 4.78 is 0.880. The third-order valence-corrected chi connectivity index (χ3v) is 4.89. The third kappa shape index (κ3) is 3.44. The molecular weight excluding hydrogens is 252 g/mol. The molecule has 96 valence electrons. The van der Waals surface area contributed by atoms with Gasteiger partial charge in [-0.2, -0.15) is 0 Å². The molecule has 3 atom stereocenters. The van der Waals surface area contributed by atoms with Crippen LogP contribution in [0, 0.1) is 0 Å². The van der Waals surface area contributed by atoms with Crippen LogP contribution in [0.2, 0.25) is 4.34 Å². The van der Waals surface area contributed by atoms with Gasteiger partial charge in [0, 0.05) is 18.1 Å². The van der Waals surface area contributed by atoms with Gasteiger partial charge < -0.3 is 10.2 Å². The van der Waals surface area contributed by atoms with Gasteiger partial charge in [-0.15, -0.1) is 11.3 Å². The molecule has 0 aliphatic carbocycles. The van der Waals surface area contributed by atoms with Crippen molar-refractivity contribution in [3.8, 4) is 0 Å². The fourth-order valence-corrected chi connectivity index (χ4v) is 3.43. The van der Waals surface area contributed by atoms with Crippen LogP contribution < -0.4 is 5.32 Å². The molecule has 1 aliphatic rings. The molecule has 1 aromatic rings. The zero-order valence-corrected chi connectivity index (χ0v) is 12.3. The van der Waals surface area contributed by atoms with E-state index in [1.54, 1.807) is 11.3 Å². The Labute approximate surface area is 113 Å². The molecular formula is C13H21ClN2S. The van der Waals surface area contributed by atoms with E-state index in [9.17, 15) is 0 Å². The second-order valence-electron chi connectivity index (χ2n) is 5.12. The molecule has 2 heterocycles. The zero-order chi connectivity index (χ0) is 12.4. The monoisotopic (exact) mass is 272 g/mol. The lowest BCUT2D eigenvalue weighted by Crippen LogP contribution is -2.46. The first kappa shape index (κ1) is 13.3. The standard InChI is InChI=1S/C13H21ClN2S/c1-9-6-12(4-5-16(9)3)15-10(2)11-7-13(14)17-8-11/h7-10,12,15H,4-6H2,1-3H3. The molecule has 0 radical (unpaired) electrons. The topological polar surface area (TPSA) is 15.3 Å². The number of hydrogen-bond acceptors (Lipinski definition) is 3. The van der Waals surface area contributed by atoms with Crippen LogP contribution in [-0.2, 0) is 0 Å². The van der Waals surface area contributed by atoms with Crippen LogP contribution in [0.3, 0.4) is 0 Å². The number of rotatable bonds is 3. The molecule has 0 spiro atoms. The number of nitrogens with zero attached hydrogens (tertiary/aromatic N) is 1. The highest BCUT2D eigenvalue weighted by molar-refractivity contribution is 7.14. The molecule has 1 saturated heterocycles. The van der Waals surface area contributed by atoms with Gasteiger partial charge in [0.15, 0.2) is 0 Å². The van der Waals surface area contributed by atoms with Gasteiger partial charge in [0.25, 0.3) is 0 Å². The van der Waals surface area contributed by atoms with E-state index in [4.69, 9.17) is 11.6 Å². The lowest BCUT2D eigenvalue weighted by molar-refractivity contribution is 0.163. The first-order chi connectivity index (χ1) is 8.06. The molecule has 4 heteroatoms. The van der Waals surface area contributed by atoms with Crippen LogP contribution >= 0.6 is 22.9 Å². The normalized spacial score (nSPS) is 28.2. The van der Waals surface area contributed by atoms with Crippen LogP contribution in [0.5, 0.6) is 0 Å². The number of thiophene rings is 1. The molecule has 0 aromatic carbocycles. The summed E-state index contributed by atoms with van der Waals surface area (Å²) in [5, 5.41) is 5.87. The maximum absolute atomic E-state index is 5.97. The van der Waals surface area contributed by atoms with Crippen molar-refractivity contribution in [2.75, 3.05) is 13.6 Å². The molecule has 0 amide bonds. The van der Waals surface area contributed by atoms with Crippen LogP contribution in [-0.4, -0.2) is 30.6 Å². The van der Waals surface area contributed by atoms with E-state index in [-0.39, 0.29) is 0 Å². The summed E-state index contributed by atoms with van der Waals surface area (Å²) in [6.07, 6.45) is 2.47. The van der Waals surface area contributed by atoms with Gasteiger partial charge >= 0.3 is 0 Å². The highest BCUT2D eigenvalue weighted by Crippen LogP contribution is 2.26. The summed E-state index contributed by atoms with van der Waals surface area (Å²) in [5.74, 6) is 0. The number of nitrogens with one attached hydrogen (secondary N) is 1. The van der Waals surface area contributed by atoms with Crippen molar-refractivity contribution in [1.82, 2.24) is 10.2 Å². The van der Waals surface area contributed by atoms with Crippen LogP contribution in [0.15, 0.2) is 11.4 Å². The van der Waals surface area contributed by atoms with E-state index < -0.39 is 0 Å². The fraction of sp³-hybridized carbons (Fsp3) is 0.692. The van der Waals surface area contributed by atoms with Gasteiger partial charge in [-0.3, -0.25) is 0 Å². The summed E-state index contributed by atoms with van der Waals surface area (Å²) in [5.41, 5.74) is 1.31. The van der Waals surface area contributed by atoms with Crippen molar-refractivity contribution in [3.63, 3.8) is 0 Å². The minimum Gasteiger partial charge on any atom is -0.307 e. The Morgan fingerprint density at radius 2 is 2.35 bits per heavy atom. The molecule has 2 nitrogen and oxygen atoms in total. The molecule has 1 N–H and O–H groups in total. The lowest BCUT2D eigenvalue weighted by Gasteiger charge is -2.36. The summed E-state index contributed by atoms with van der Waals surface area (Å²) in [4.78, 5) is 2.43. The minimum absolute atomic E-state index is 0.402. The second-order valence-corrected chi connectivity index (χ2v) is 6.67. The van der Waals surface area contributed by atoms with Gasteiger partial charge in [-0.25, -0.2) is 0 Å². The van der Waals surface area contributed by atoms with Gasteiger partial charge in [-0.1, -0.05) is 11.6 Å². The number of hydrogen-bond donors (Lipinski definition) is 1.